The van der Waals surface area contributed by atoms with E-state index in [9.17, 15) is 18.4 Å². The van der Waals surface area contributed by atoms with E-state index >= 15 is 0 Å². The smallest absolute Gasteiger partial charge is 0.317 e. The zero-order chi connectivity index (χ0) is 18.7. The second-order valence-electron chi connectivity index (χ2n) is 6.18. The fourth-order valence-electron chi connectivity index (χ4n) is 3.32. The van der Waals surface area contributed by atoms with Gasteiger partial charge >= 0.3 is 5.97 Å². The van der Waals surface area contributed by atoms with Crippen molar-refractivity contribution in [2.45, 2.75) is 19.3 Å². The van der Waals surface area contributed by atoms with E-state index in [1.54, 1.807) is 25.1 Å². The number of halogens is 2. The average molecular weight is 356 g/mol. The van der Waals surface area contributed by atoms with E-state index in [1.807, 2.05) is 0 Å². The molecule has 2 atom stereocenters. The largest absolute Gasteiger partial charge is 0.465 e. The predicted molar refractivity (Wildman–Crippen MR) is 93.3 cm³/mol. The summed E-state index contributed by atoms with van der Waals surface area (Å²) >= 11 is 0. The minimum atomic E-state index is -1.03. The number of carbonyl (C=O) groups excluding carboxylic acids is 2. The molecule has 0 bridgehead atoms. The van der Waals surface area contributed by atoms with E-state index in [4.69, 9.17) is 4.74 Å². The highest BCUT2D eigenvalue weighted by atomic mass is 19.1. The molecule has 1 aliphatic carbocycles. The van der Waals surface area contributed by atoms with Crippen molar-refractivity contribution in [3.8, 4) is 0 Å². The maximum atomic E-state index is 13.7. The third-order valence-corrected chi connectivity index (χ3v) is 4.48. The van der Waals surface area contributed by atoms with Crippen LogP contribution in [0.4, 0.5) is 8.78 Å². The van der Waals surface area contributed by atoms with Crippen LogP contribution >= 0.6 is 0 Å². The summed E-state index contributed by atoms with van der Waals surface area (Å²) in [5, 5.41) is 0. The average Bonchev–Trinajstić information content (AvgIpc) is 2.61. The van der Waals surface area contributed by atoms with Gasteiger partial charge in [0, 0.05) is 5.92 Å². The van der Waals surface area contributed by atoms with E-state index in [2.05, 4.69) is 0 Å². The highest BCUT2D eigenvalue weighted by Gasteiger charge is 2.39. The summed E-state index contributed by atoms with van der Waals surface area (Å²) in [5.41, 5.74) is 1.73. The van der Waals surface area contributed by atoms with Gasteiger partial charge in [-0.05, 0) is 60.4 Å². The van der Waals surface area contributed by atoms with Gasteiger partial charge in [0.25, 0.3) is 0 Å². The van der Waals surface area contributed by atoms with Crippen molar-refractivity contribution in [2.75, 3.05) is 6.61 Å². The fraction of sp³-hybridized carbons (Fsp3) is 0.238. The Morgan fingerprint density at radius 2 is 1.81 bits per heavy atom. The maximum Gasteiger partial charge on any atom is 0.317 e. The quantitative estimate of drug-likeness (QED) is 0.606. The normalized spacial score (nSPS) is 19.8. The van der Waals surface area contributed by atoms with Gasteiger partial charge in [-0.2, -0.15) is 0 Å². The number of carbonyl (C=O) groups is 2. The molecule has 0 radical (unpaired) electrons. The highest BCUT2D eigenvalue weighted by molar-refractivity contribution is 6.10. The number of allylic oxidation sites excluding steroid dienone is 2. The summed E-state index contributed by atoms with van der Waals surface area (Å²) in [4.78, 5) is 25.0. The Morgan fingerprint density at radius 1 is 1.12 bits per heavy atom. The van der Waals surface area contributed by atoms with Crippen LogP contribution in [0.5, 0.6) is 0 Å². The molecule has 0 saturated heterocycles. The highest BCUT2D eigenvalue weighted by Crippen LogP contribution is 2.40. The number of rotatable bonds is 4. The molecule has 3 rings (SSSR count). The Kier molecular flexibility index (Phi) is 5.26. The number of hydrogen-bond acceptors (Lipinski definition) is 3. The zero-order valence-corrected chi connectivity index (χ0v) is 14.2. The van der Waals surface area contributed by atoms with E-state index in [1.165, 1.54) is 36.4 Å². The van der Waals surface area contributed by atoms with Crippen molar-refractivity contribution in [2.24, 2.45) is 5.92 Å². The summed E-state index contributed by atoms with van der Waals surface area (Å²) in [6.07, 6.45) is 1.67. The van der Waals surface area contributed by atoms with Crippen LogP contribution in [0, 0.1) is 17.6 Å². The molecule has 3 nitrogen and oxygen atoms in total. The van der Waals surface area contributed by atoms with Crippen molar-refractivity contribution in [1.29, 1.82) is 0 Å². The Morgan fingerprint density at radius 3 is 2.46 bits per heavy atom. The topological polar surface area (TPSA) is 43.4 Å². The Balaban J connectivity index is 2.04. The number of ketones is 1. The van der Waals surface area contributed by atoms with Crippen LogP contribution in [-0.2, 0) is 14.3 Å². The van der Waals surface area contributed by atoms with Crippen molar-refractivity contribution in [1.82, 2.24) is 0 Å². The monoisotopic (exact) mass is 356 g/mol. The molecule has 0 spiro atoms. The van der Waals surface area contributed by atoms with Crippen LogP contribution in [0.25, 0.3) is 5.57 Å². The van der Waals surface area contributed by atoms with Gasteiger partial charge in [-0.3, -0.25) is 9.59 Å². The Labute approximate surface area is 150 Å². The molecular formula is C21H18F2O3. The van der Waals surface area contributed by atoms with Gasteiger partial charge in [-0.1, -0.05) is 24.3 Å². The second kappa shape index (κ2) is 7.60. The van der Waals surface area contributed by atoms with Crippen LogP contribution in [0.2, 0.25) is 0 Å². The first-order chi connectivity index (χ1) is 12.5. The lowest BCUT2D eigenvalue weighted by molar-refractivity contribution is -0.151. The lowest BCUT2D eigenvalue weighted by Crippen LogP contribution is -2.34. The molecule has 2 aromatic rings. The van der Waals surface area contributed by atoms with Crippen LogP contribution < -0.4 is 0 Å². The van der Waals surface area contributed by atoms with Gasteiger partial charge in [-0.15, -0.1) is 0 Å². The number of esters is 1. The fourth-order valence-corrected chi connectivity index (χ4v) is 3.32. The van der Waals surface area contributed by atoms with Crippen LogP contribution in [0.1, 0.15) is 30.4 Å². The summed E-state index contributed by atoms with van der Waals surface area (Å²) in [7, 11) is 0. The maximum absolute atomic E-state index is 13.7. The van der Waals surface area contributed by atoms with E-state index in [-0.39, 0.29) is 6.61 Å². The SMILES string of the molecule is CCOC(=O)[C@@H]1C(=O)C=C(c2cccc(F)c2)C[C@H]1c1cccc(F)c1. The van der Waals surface area contributed by atoms with Crippen molar-refractivity contribution in [3.05, 3.63) is 77.4 Å². The minimum absolute atomic E-state index is 0.152. The van der Waals surface area contributed by atoms with Gasteiger partial charge in [0.05, 0.1) is 6.61 Å². The number of hydrogen-bond donors (Lipinski definition) is 0. The van der Waals surface area contributed by atoms with Crippen LogP contribution in [0.15, 0.2) is 54.6 Å². The van der Waals surface area contributed by atoms with Gasteiger partial charge in [0.1, 0.15) is 17.6 Å². The van der Waals surface area contributed by atoms with Crippen LogP contribution in [0.3, 0.4) is 0 Å². The van der Waals surface area contributed by atoms with Gasteiger partial charge in [0.2, 0.25) is 0 Å². The van der Waals surface area contributed by atoms with Crippen LogP contribution in [-0.4, -0.2) is 18.4 Å². The Bertz CT molecular complexity index is 873. The zero-order valence-electron chi connectivity index (χ0n) is 14.2. The first-order valence-electron chi connectivity index (χ1n) is 8.42. The number of benzene rings is 2. The molecule has 0 amide bonds. The van der Waals surface area contributed by atoms with Crippen molar-refractivity contribution in [3.63, 3.8) is 0 Å². The molecule has 2 aromatic carbocycles. The first-order valence-corrected chi connectivity index (χ1v) is 8.42. The van der Waals surface area contributed by atoms with Gasteiger partial charge in [0.15, 0.2) is 5.78 Å². The molecule has 134 valence electrons. The summed E-state index contributed by atoms with van der Waals surface area (Å²) in [6.45, 7) is 1.81. The summed E-state index contributed by atoms with van der Waals surface area (Å²) < 4.78 is 32.3. The minimum Gasteiger partial charge on any atom is -0.465 e. The van der Waals surface area contributed by atoms with Crippen molar-refractivity contribution < 1.29 is 23.1 Å². The van der Waals surface area contributed by atoms with Gasteiger partial charge in [-0.25, -0.2) is 8.78 Å². The lowest BCUT2D eigenvalue weighted by Gasteiger charge is -2.29. The molecule has 0 saturated carbocycles. The summed E-state index contributed by atoms with van der Waals surface area (Å²) in [6, 6.07) is 11.8. The molecule has 0 fully saturated rings. The van der Waals surface area contributed by atoms with E-state index in [0.717, 1.165) is 0 Å². The standard InChI is InChI=1S/C21H18F2O3/c1-2-26-21(25)20-18(14-6-4-8-17(23)10-14)11-15(12-19(20)24)13-5-3-7-16(22)9-13/h3-10,12,18,20H,2,11H2,1H3/t18-,20-/m0/s1. The molecule has 0 aromatic heterocycles. The van der Waals surface area contributed by atoms with Crippen molar-refractivity contribution >= 4 is 17.3 Å². The molecule has 0 aliphatic heterocycles. The molecule has 0 heterocycles. The first kappa shape index (κ1) is 18.0. The Hall–Kier alpha value is -2.82. The lowest BCUT2D eigenvalue weighted by atomic mass is 9.73. The summed E-state index contributed by atoms with van der Waals surface area (Å²) in [5.74, 6) is -3.50. The van der Waals surface area contributed by atoms with E-state index in [0.29, 0.717) is 23.1 Å². The third kappa shape index (κ3) is 3.72. The van der Waals surface area contributed by atoms with E-state index < -0.39 is 35.2 Å². The number of ether oxygens (including phenoxy) is 1. The molecule has 26 heavy (non-hydrogen) atoms. The second-order valence-corrected chi connectivity index (χ2v) is 6.18. The molecule has 1 aliphatic rings. The molecular weight excluding hydrogens is 338 g/mol. The third-order valence-electron chi connectivity index (χ3n) is 4.48. The predicted octanol–water partition coefficient (Wildman–Crippen LogP) is 4.28. The molecule has 0 N–H and O–H groups in total. The molecule has 0 unspecified atom stereocenters. The molecule has 5 heteroatoms. The van der Waals surface area contributed by atoms with Gasteiger partial charge < -0.3 is 4.74 Å².